The summed E-state index contributed by atoms with van der Waals surface area (Å²) in [6.07, 6.45) is 5.30. The number of para-hydroxylation sites is 1. The molecule has 0 aliphatic carbocycles. The quantitative estimate of drug-likeness (QED) is 0.201. The minimum atomic E-state index is -3.74. The molecule has 0 saturated heterocycles. The lowest BCUT2D eigenvalue weighted by Crippen LogP contribution is -2.42. The first-order chi connectivity index (χ1) is 21.7. The minimum Gasteiger partial charge on any atom is -0.483 e. The number of carbonyl (C=O) groups excluding carboxylic acids is 2. The second-order valence-corrected chi connectivity index (χ2v) is 14.1. The molecule has 0 radical (unpaired) electrons. The van der Waals surface area contributed by atoms with Crippen molar-refractivity contribution in [3.63, 3.8) is 0 Å². The van der Waals surface area contributed by atoms with E-state index in [0.717, 1.165) is 31.4 Å². The number of hydrogen-bond acceptors (Lipinski definition) is 8. The minimum absolute atomic E-state index is 0.0209. The molecule has 3 N–H and O–H groups in total. The van der Waals surface area contributed by atoms with Crippen LogP contribution in [0.3, 0.4) is 0 Å². The van der Waals surface area contributed by atoms with Gasteiger partial charge in [-0.2, -0.15) is 0 Å². The number of sulfone groups is 1. The SMILES string of the molecule is CCCCC1(CC)CN(c2ccccc2)c2cc(SC)c(OCC(=O)N[C@@H](C(=O)NCCO)c3ccccc3)cc2S(=O)(=O)C1. The second-order valence-electron chi connectivity index (χ2n) is 11.3. The van der Waals surface area contributed by atoms with Gasteiger partial charge in [0, 0.05) is 30.3 Å². The van der Waals surface area contributed by atoms with Crippen LogP contribution in [-0.2, 0) is 19.4 Å². The molecule has 1 aliphatic heterocycles. The highest BCUT2D eigenvalue weighted by Crippen LogP contribution is 2.47. The molecule has 0 spiro atoms. The fourth-order valence-corrected chi connectivity index (χ4v) is 8.44. The molecule has 9 nitrogen and oxygen atoms in total. The van der Waals surface area contributed by atoms with Gasteiger partial charge in [0.15, 0.2) is 16.4 Å². The van der Waals surface area contributed by atoms with E-state index in [1.165, 1.54) is 11.8 Å². The fourth-order valence-electron chi connectivity index (χ4n) is 5.71. The molecule has 0 saturated carbocycles. The molecule has 1 heterocycles. The van der Waals surface area contributed by atoms with Crippen molar-refractivity contribution in [1.82, 2.24) is 10.6 Å². The normalized spacial score (nSPS) is 17.9. The maximum atomic E-state index is 14.1. The molecule has 0 fully saturated rings. The molecule has 0 bridgehead atoms. The molecule has 4 rings (SSSR count). The van der Waals surface area contributed by atoms with Crippen molar-refractivity contribution in [1.29, 1.82) is 0 Å². The first-order valence-electron chi connectivity index (χ1n) is 15.3. The van der Waals surface area contributed by atoms with Gasteiger partial charge in [0.1, 0.15) is 11.8 Å². The van der Waals surface area contributed by atoms with Gasteiger partial charge in [0.25, 0.3) is 5.91 Å². The van der Waals surface area contributed by atoms with Crippen LogP contribution in [0.25, 0.3) is 0 Å². The molecule has 242 valence electrons. The Morgan fingerprint density at radius 2 is 1.76 bits per heavy atom. The van der Waals surface area contributed by atoms with Crippen molar-refractivity contribution in [2.45, 2.75) is 55.4 Å². The number of benzene rings is 3. The number of thioether (sulfide) groups is 1. The molecule has 3 aromatic rings. The second kappa shape index (κ2) is 15.6. The van der Waals surface area contributed by atoms with Crippen LogP contribution < -0.4 is 20.3 Å². The van der Waals surface area contributed by atoms with Crippen molar-refractivity contribution in [3.05, 3.63) is 78.4 Å². The summed E-state index contributed by atoms with van der Waals surface area (Å²) in [5.74, 6) is -0.713. The molecular weight excluding hydrogens is 611 g/mol. The monoisotopic (exact) mass is 653 g/mol. The number of anilines is 2. The Kier molecular flexibility index (Phi) is 11.9. The molecule has 2 amide bonds. The van der Waals surface area contributed by atoms with E-state index in [1.54, 1.807) is 36.4 Å². The zero-order valence-corrected chi connectivity index (χ0v) is 27.8. The zero-order valence-electron chi connectivity index (χ0n) is 26.1. The summed E-state index contributed by atoms with van der Waals surface area (Å²) in [5.41, 5.74) is 1.65. The number of aliphatic hydroxyl groups excluding tert-OH is 1. The van der Waals surface area contributed by atoms with Gasteiger partial charge in [-0.3, -0.25) is 9.59 Å². The van der Waals surface area contributed by atoms with E-state index in [-0.39, 0.29) is 29.5 Å². The van der Waals surface area contributed by atoms with Gasteiger partial charge >= 0.3 is 0 Å². The number of nitrogens with one attached hydrogen (secondary N) is 2. The first kappa shape index (κ1) is 34.3. The Morgan fingerprint density at radius 1 is 1.07 bits per heavy atom. The number of fused-ring (bicyclic) bond motifs is 1. The van der Waals surface area contributed by atoms with Crippen molar-refractivity contribution in [2.24, 2.45) is 5.41 Å². The Bertz CT molecular complexity index is 1550. The number of hydrogen-bond donors (Lipinski definition) is 3. The molecule has 1 unspecified atom stereocenters. The van der Waals surface area contributed by atoms with Crippen molar-refractivity contribution < 1.29 is 27.9 Å². The Balaban J connectivity index is 1.67. The van der Waals surface area contributed by atoms with E-state index in [1.807, 2.05) is 42.7 Å². The standard InChI is InChI=1S/C34H43N3O6S2/c1-4-6-17-34(5-2)23-37(26-15-11-8-12-16-26)27-20-29(44-3)28(21-30(27)45(41,42)24-34)43-22-31(39)36-32(33(40)35-18-19-38)25-13-9-7-10-14-25/h7-16,20-21,32,38H,4-6,17-19,22-24H2,1-3H3,(H,35,40)(H,36,39)/t32-,34?/m1/s1. The van der Waals surface area contributed by atoms with Crippen LogP contribution in [0.5, 0.6) is 5.75 Å². The third kappa shape index (κ3) is 8.39. The van der Waals surface area contributed by atoms with E-state index < -0.39 is 39.7 Å². The summed E-state index contributed by atoms with van der Waals surface area (Å²) in [6, 6.07) is 21.0. The van der Waals surface area contributed by atoms with Crippen LogP contribution in [0.4, 0.5) is 11.4 Å². The largest absolute Gasteiger partial charge is 0.483 e. The first-order valence-corrected chi connectivity index (χ1v) is 18.2. The summed E-state index contributed by atoms with van der Waals surface area (Å²) in [7, 11) is -3.74. The molecule has 3 aromatic carbocycles. The molecule has 0 aromatic heterocycles. The van der Waals surface area contributed by atoms with E-state index in [9.17, 15) is 18.0 Å². The van der Waals surface area contributed by atoms with Crippen molar-refractivity contribution in [3.8, 4) is 5.75 Å². The van der Waals surface area contributed by atoms with Crippen molar-refractivity contribution in [2.75, 3.05) is 43.2 Å². The lowest BCUT2D eigenvalue weighted by atomic mass is 9.81. The smallest absolute Gasteiger partial charge is 0.258 e. The fraction of sp³-hybridized carbons (Fsp3) is 0.412. The number of unbranched alkanes of at least 4 members (excludes halogenated alkanes) is 1. The van der Waals surface area contributed by atoms with Crippen LogP contribution in [0.15, 0.2) is 82.6 Å². The number of ether oxygens (including phenoxy) is 1. The number of carbonyl (C=O) groups is 2. The third-order valence-corrected chi connectivity index (χ3v) is 11.0. The Morgan fingerprint density at radius 3 is 2.38 bits per heavy atom. The maximum Gasteiger partial charge on any atom is 0.258 e. The highest BCUT2D eigenvalue weighted by atomic mass is 32.2. The van der Waals surface area contributed by atoms with Crippen LogP contribution in [0.1, 0.15) is 51.1 Å². The van der Waals surface area contributed by atoms with Gasteiger partial charge in [-0.15, -0.1) is 11.8 Å². The summed E-state index contributed by atoms with van der Waals surface area (Å²) in [6.45, 7) is 4.13. The van der Waals surface area contributed by atoms with Crippen molar-refractivity contribution >= 4 is 44.8 Å². The molecule has 2 atom stereocenters. The predicted octanol–water partition coefficient (Wildman–Crippen LogP) is 5.27. The molecule has 45 heavy (non-hydrogen) atoms. The molecule has 11 heteroatoms. The van der Waals surface area contributed by atoms with Crippen LogP contribution in [-0.4, -0.2) is 63.7 Å². The summed E-state index contributed by atoms with van der Waals surface area (Å²) < 4.78 is 34.2. The highest BCUT2D eigenvalue weighted by molar-refractivity contribution is 7.98. The Hall–Kier alpha value is -3.54. The molecule has 1 aliphatic rings. The Labute approximate surface area is 270 Å². The lowest BCUT2D eigenvalue weighted by molar-refractivity contribution is -0.130. The van der Waals surface area contributed by atoms with Gasteiger partial charge in [-0.1, -0.05) is 75.2 Å². The zero-order chi connectivity index (χ0) is 32.5. The van der Waals surface area contributed by atoms with Gasteiger partial charge in [0.2, 0.25) is 5.91 Å². The lowest BCUT2D eigenvalue weighted by Gasteiger charge is -2.36. The number of aliphatic hydroxyl groups is 1. The predicted molar refractivity (Wildman–Crippen MR) is 179 cm³/mol. The highest BCUT2D eigenvalue weighted by Gasteiger charge is 2.42. The van der Waals surface area contributed by atoms with Gasteiger partial charge in [0.05, 0.1) is 27.8 Å². The average Bonchev–Trinajstić information content (AvgIpc) is 3.16. The topological polar surface area (TPSA) is 125 Å². The summed E-state index contributed by atoms with van der Waals surface area (Å²) in [4.78, 5) is 28.9. The van der Waals surface area contributed by atoms with E-state index >= 15 is 0 Å². The van der Waals surface area contributed by atoms with Crippen LogP contribution >= 0.6 is 11.8 Å². The van der Waals surface area contributed by atoms with Gasteiger partial charge in [-0.05, 0) is 42.9 Å². The number of amides is 2. The van der Waals surface area contributed by atoms with Gasteiger partial charge in [-0.25, -0.2) is 8.42 Å². The van der Waals surface area contributed by atoms with Gasteiger partial charge < -0.3 is 25.4 Å². The summed E-state index contributed by atoms with van der Waals surface area (Å²) >= 11 is 1.40. The van der Waals surface area contributed by atoms with E-state index in [4.69, 9.17) is 9.84 Å². The average molecular weight is 654 g/mol. The third-order valence-electron chi connectivity index (χ3n) is 8.21. The van der Waals surface area contributed by atoms with Crippen LogP contribution in [0.2, 0.25) is 0 Å². The van der Waals surface area contributed by atoms with E-state index in [2.05, 4.69) is 29.4 Å². The maximum absolute atomic E-state index is 14.1. The van der Waals surface area contributed by atoms with E-state index in [0.29, 0.717) is 22.7 Å². The number of rotatable bonds is 14. The number of nitrogens with zero attached hydrogens (tertiary/aromatic N) is 1. The molecular formula is C34H43N3O6S2. The summed E-state index contributed by atoms with van der Waals surface area (Å²) in [5, 5.41) is 14.5. The van der Waals surface area contributed by atoms with Crippen LogP contribution in [0, 0.1) is 5.41 Å².